The van der Waals surface area contributed by atoms with Crippen molar-refractivity contribution in [2.45, 2.75) is 37.1 Å². The zero-order valence-corrected chi connectivity index (χ0v) is 15.3. The SMILES string of the molecule is CCN(CC(=O)O)C1CCN(C(=O)CCSc2ccccc2F)CC1. The number of carbonyl (C=O) groups excluding carboxylic acids is 1. The van der Waals surface area contributed by atoms with Gasteiger partial charge in [-0.15, -0.1) is 11.8 Å². The summed E-state index contributed by atoms with van der Waals surface area (Å²) in [7, 11) is 0. The molecule has 0 saturated carbocycles. The minimum atomic E-state index is -0.814. The highest BCUT2D eigenvalue weighted by molar-refractivity contribution is 7.99. The van der Waals surface area contributed by atoms with Crippen molar-refractivity contribution in [1.82, 2.24) is 9.80 Å². The molecule has 0 atom stereocenters. The summed E-state index contributed by atoms with van der Waals surface area (Å²) in [5.41, 5.74) is 0. The van der Waals surface area contributed by atoms with Crippen LogP contribution in [0.3, 0.4) is 0 Å². The Bertz CT molecular complexity index is 591. The molecule has 0 unspecified atom stereocenters. The molecule has 1 aromatic carbocycles. The van der Waals surface area contributed by atoms with Gasteiger partial charge in [0, 0.05) is 36.2 Å². The molecule has 1 amide bonds. The van der Waals surface area contributed by atoms with Crippen molar-refractivity contribution in [3.05, 3.63) is 30.1 Å². The number of hydrogen-bond donors (Lipinski definition) is 1. The van der Waals surface area contributed by atoms with E-state index in [-0.39, 0.29) is 24.3 Å². The highest BCUT2D eigenvalue weighted by atomic mass is 32.2. The molecule has 1 heterocycles. The van der Waals surface area contributed by atoms with Gasteiger partial charge in [-0.1, -0.05) is 19.1 Å². The first-order valence-corrected chi connectivity index (χ1v) is 9.60. The van der Waals surface area contributed by atoms with Gasteiger partial charge in [0.2, 0.25) is 5.91 Å². The lowest BCUT2D eigenvalue weighted by Gasteiger charge is -2.37. The predicted octanol–water partition coefficient (Wildman–Crippen LogP) is 2.71. The lowest BCUT2D eigenvalue weighted by atomic mass is 10.0. The van der Waals surface area contributed by atoms with Gasteiger partial charge in [0.05, 0.1) is 6.54 Å². The van der Waals surface area contributed by atoms with Crippen molar-refractivity contribution in [2.24, 2.45) is 0 Å². The maximum Gasteiger partial charge on any atom is 0.317 e. The quantitative estimate of drug-likeness (QED) is 0.715. The summed E-state index contributed by atoms with van der Waals surface area (Å²) in [6.07, 6.45) is 1.98. The summed E-state index contributed by atoms with van der Waals surface area (Å²) in [6, 6.07) is 6.80. The zero-order valence-electron chi connectivity index (χ0n) is 14.5. The Morgan fingerprint density at radius 2 is 2.00 bits per heavy atom. The number of nitrogens with zero attached hydrogens (tertiary/aromatic N) is 2. The molecule has 0 bridgehead atoms. The van der Waals surface area contributed by atoms with E-state index >= 15 is 0 Å². The molecule has 1 fully saturated rings. The minimum absolute atomic E-state index is 0.0500. The summed E-state index contributed by atoms with van der Waals surface area (Å²) in [6.45, 7) is 4.02. The summed E-state index contributed by atoms with van der Waals surface area (Å²) in [4.78, 5) is 27.6. The number of halogens is 1. The summed E-state index contributed by atoms with van der Waals surface area (Å²) in [5.74, 6) is -0.423. The molecule has 1 aliphatic rings. The highest BCUT2D eigenvalue weighted by Crippen LogP contribution is 2.23. The van der Waals surface area contributed by atoms with Crippen LogP contribution in [0.4, 0.5) is 4.39 Å². The minimum Gasteiger partial charge on any atom is -0.480 e. The molecule has 0 radical (unpaired) electrons. The molecule has 7 heteroatoms. The first-order valence-electron chi connectivity index (χ1n) is 8.62. The van der Waals surface area contributed by atoms with E-state index in [9.17, 15) is 14.0 Å². The summed E-state index contributed by atoms with van der Waals surface area (Å²) in [5, 5.41) is 8.96. The van der Waals surface area contributed by atoms with E-state index in [4.69, 9.17) is 5.11 Å². The van der Waals surface area contributed by atoms with Gasteiger partial charge in [-0.05, 0) is 31.5 Å². The van der Waals surface area contributed by atoms with E-state index in [1.54, 1.807) is 18.2 Å². The molecule has 5 nitrogen and oxygen atoms in total. The van der Waals surface area contributed by atoms with Gasteiger partial charge in [0.15, 0.2) is 0 Å². The van der Waals surface area contributed by atoms with E-state index in [2.05, 4.69) is 0 Å². The average molecular weight is 368 g/mol. The number of hydrogen-bond acceptors (Lipinski definition) is 4. The molecule has 0 aliphatic carbocycles. The van der Waals surface area contributed by atoms with E-state index in [1.807, 2.05) is 16.7 Å². The standard InChI is InChI=1S/C18H25FN2O3S/c1-2-20(13-18(23)24)14-7-10-21(11-8-14)17(22)9-12-25-16-6-4-3-5-15(16)19/h3-6,14H,2,7-13H2,1H3,(H,23,24). The number of piperidine rings is 1. The van der Waals surface area contributed by atoms with Gasteiger partial charge in [-0.2, -0.15) is 0 Å². The van der Waals surface area contributed by atoms with Crippen LogP contribution >= 0.6 is 11.8 Å². The van der Waals surface area contributed by atoms with Gasteiger partial charge in [0.25, 0.3) is 0 Å². The lowest BCUT2D eigenvalue weighted by molar-refractivity contribution is -0.140. The predicted molar refractivity (Wildman–Crippen MR) is 96.2 cm³/mol. The second-order valence-corrected chi connectivity index (χ2v) is 7.23. The Morgan fingerprint density at radius 3 is 2.60 bits per heavy atom. The largest absolute Gasteiger partial charge is 0.480 e. The number of benzene rings is 1. The zero-order chi connectivity index (χ0) is 18.2. The van der Waals surface area contributed by atoms with Crippen molar-refractivity contribution in [3.63, 3.8) is 0 Å². The molecule has 1 aliphatic heterocycles. The Hall–Kier alpha value is -1.60. The Kier molecular flexibility index (Phi) is 7.71. The van der Waals surface area contributed by atoms with E-state index < -0.39 is 5.97 Å². The van der Waals surface area contributed by atoms with Gasteiger partial charge >= 0.3 is 5.97 Å². The number of likely N-dealkylation sites (N-methyl/N-ethyl adjacent to an activating group) is 1. The fraction of sp³-hybridized carbons (Fsp3) is 0.556. The third-order valence-electron chi connectivity index (χ3n) is 4.49. The smallest absolute Gasteiger partial charge is 0.317 e. The maximum absolute atomic E-state index is 13.5. The fourth-order valence-corrected chi connectivity index (χ4v) is 4.00. The van der Waals surface area contributed by atoms with Crippen LogP contribution in [0.2, 0.25) is 0 Å². The van der Waals surface area contributed by atoms with Crippen LogP contribution in [0.5, 0.6) is 0 Å². The van der Waals surface area contributed by atoms with Crippen LogP contribution in [0.25, 0.3) is 0 Å². The number of carboxylic acid groups (broad SMARTS) is 1. The van der Waals surface area contributed by atoms with Crippen molar-refractivity contribution in [3.8, 4) is 0 Å². The van der Waals surface area contributed by atoms with Gasteiger partial charge in [-0.25, -0.2) is 4.39 Å². The normalized spacial score (nSPS) is 15.6. The summed E-state index contributed by atoms with van der Waals surface area (Å²) >= 11 is 1.36. The monoisotopic (exact) mass is 368 g/mol. The number of amides is 1. The maximum atomic E-state index is 13.5. The molecule has 1 saturated heterocycles. The van der Waals surface area contributed by atoms with Gasteiger partial charge in [0.1, 0.15) is 5.82 Å². The molecule has 25 heavy (non-hydrogen) atoms. The van der Waals surface area contributed by atoms with Crippen molar-refractivity contribution in [1.29, 1.82) is 0 Å². The van der Waals surface area contributed by atoms with E-state index in [1.165, 1.54) is 17.8 Å². The van der Waals surface area contributed by atoms with Crippen LogP contribution in [0.1, 0.15) is 26.2 Å². The van der Waals surface area contributed by atoms with Crippen LogP contribution in [0.15, 0.2) is 29.2 Å². The molecular weight excluding hydrogens is 343 g/mol. The fourth-order valence-electron chi connectivity index (χ4n) is 3.12. The van der Waals surface area contributed by atoms with Crippen LogP contribution < -0.4 is 0 Å². The van der Waals surface area contributed by atoms with Crippen LogP contribution in [-0.2, 0) is 9.59 Å². The van der Waals surface area contributed by atoms with Crippen LogP contribution in [-0.4, -0.2) is 64.8 Å². The Labute approximate surface area is 152 Å². The van der Waals surface area contributed by atoms with Crippen LogP contribution in [0, 0.1) is 5.82 Å². The topological polar surface area (TPSA) is 60.9 Å². The molecule has 0 spiro atoms. The number of likely N-dealkylation sites (tertiary alicyclic amines) is 1. The second kappa shape index (κ2) is 9.77. The van der Waals surface area contributed by atoms with Gasteiger partial charge in [-0.3, -0.25) is 14.5 Å². The molecular formula is C18H25FN2O3S. The first-order chi connectivity index (χ1) is 12.0. The first kappa shape index (κ1) is 19.7. The number of carbonyl (C=O) groups is 2. The highest BCUT2D eigenvalue weighted by Gasteiger charge is 2.26. The van der Waals surface area contributed by atoms with E-state index in [0.29, 0.717) is 36.7 Å². The number of aliphatic carboxylic acids is 1. The lowest BCUT2D eigenvalue weighted by Crippen LogP contribution is -2.48. The molecule has 1 N–H and O–H groups in total. The number of rotatable bonds is 8. The number of carboxylic acids is 1. The molecule has 1 aromatic rings. The van der Waals surface area contributed by atoms with Crippen molar-refractivity contribution < 1.29 is 19.1 Å². The van der Waals surface area contributed by atoms with Crippen molar-refractivity contribution >= 4 is 23.6 Å². The Morgan fingerprint density at radius 1 is 1.32 bits per heavy atom. The number of thioether (sulfide) groups is 1. The molecule has 2 rings (SSSR count). The summed E-state index contributed by atoms with van der Waals surface area (Å²) < 4.78 is 13.5. The second-order valence-electron chi connectivity index (χ2n) is 6.10. The van der Waals surface area contributed by atoms with Gasteiger partial charge < -0.3 is 10.0 Å². The van der Waals surface area contributed by atoms with Crippen molar-refractivity contribution in [2.75, 3.05) is 31.9 Å². The third-order valence-corrected chi connectivity index (χ3v) is 5.54. The third kappa shape index (κ3) is 6.01. The van der Waals surface area contributed by atoms with E-state index in [0.717, 1.165) is 12.8 Å². The molecule has 0 aromatic heterocycles. The molecule has 138 valence electrons. The average Bonchev–Trinajstić information content (AvgIpc) is 2.61. The Balaban J connectivity index is 1.73.